The molecule has 0 spiro atoms. The molecule has 0 saturated carbocycles. The van der Waals surface area contributed by atoms with Gasteiger partial charge in [0.1, 0.15) is 0 Å². The Balaban J connectivity index is 3.03. The van der Waals surface area contributed by atoms with Crippen LogP contribution in [0.2, 0.25) is 0 Å². The van der Waals surface area contributed by atoms with Gasteiger partial charge in [-0.15, -0.1) is 0 Å². The first-order chi connectivity index (χ1) is 5.74. The molecule has 0 radical (unpaired) electrons. The number of nitro groups is 1. The highest BCUT2D eigenvalue weighted by Gasteiger charge is 2.02. The van der Waals surface area contributed by atoms with Crippen LogP contribution in [0.25, 0.3) is 6.08 Å². The molecule has 12 heavy (non-hydrogen) atoms. The zero-order valence-electron chi connectivity index (χ0n) is 6.11. The van der Waals surface area contributed by atoms with E-state index < -0.39 is 4.92 Å². The van der Waals surface area contributed by atoms with Crippen molar-refractivity contribution in [2.45, 2.75) is 0 Å². The van der Waals surface area contributed by atoms with E-state index in [1.807, 2.05) is 0 Å². The first-order valence-electron chi connectivity index (χ1n) is 3.25. The van der Waals surface area contributed by atoms with E-state index in [1.165, 1.54) is 12.1 Å². The van der Waals surface area contributed by atoms with E-state index in [2.05, 4.69) is 15.9 Å². The zero-order valence-corrected chi connectivity index (χ0v) is 7.69. The summed E-state index contributed by atoms with van der Waals surface area (Å²) in [5, 5.41) is 10.3. The van der Waals surface area contributed by atoms with E-state index in [1.54, 1.807) is 23.2 Å². The second-order valence-corrected chi connectivity index (χ2v) is 2.67. The Labute approximate surface area is 78.0 Å². The fourth-order valence-electron chi connectivity index (χ4n) is 0.815. The predicted octanol–water partition coefficient (Wildman–Crippen LogP) is 2.96. The fourth-order valence-corrected chi connectivity index (χ4v) is 1.12. The summed E-state index contributed by atoms with van der Waals surface area (Å²) in [6.45, 7) is 0. The van der Waals surface area contributed by atoms with E-state index in [-0.39, 0.29) is 5.69 Å². The van der Waals surface area contributed by atoms with E-state index >= 15 is 0 Å². The lowest BCUT2D eigenvalue weighted by atomic mass is 10.2. The van der Waals surface area contributed by atoms with Crippen LogP contribution in [0.4, 0.5) is 5.69 Å². The smallest absolute Gasteiger partial charge is 0.258 e. The highest BCUT2D eigenvalue weighted by molar-refractivity contribution is 9.11. The Kier molecular flexibility index (Phi) is 2.99. The molecule has 0 saturated heterocycles. The molecule has 0 atom stereocenters. The van der Waals surface area contributed by atoms with Crippen molar-refractivity contribution in [3.63, 3.8) is 0 Å². The molecule has 0 N–H and O–H groups in total. The summed E-state index contributed by atoms with van der Waals surface area (Å²) in [4.78, 5) is 11.6. The Bertz CT molecular complexity index is 323. The van der Waals surface area contributed by atoms with Crippen molar-refractivity contribution in [1.29, 1.82) is 0 Å². The van der Waals surface area contributed by atoms with Crippen molar-refractivity contribution >= 4 is 27.7 Å². The van der Waals surface area contributed by atoms with Gasteiger partial charge in [-0.1, -0.05) is 28.1 Å². The largest absolute Gasteiger partial charge is 0.270 e. The molecule has 4 heteroatoms. The summed E-state index contributed by atoms with van der Waals surface area (Å²) >= 11 is 3.10. The van der Waals surface area contributed by atoms with Crippen LogP contribution < -0.4 is 0 Å². The predicted molar refractivity (Wildman–Crippen MR) is 51.1 cm³/mol. The molecule has 3 nitrogen and oxygen atoms in total. The van der Waals surface area contributed by atoms with Gasteiger partial charge in [0.15, 0.2) is 0 Å². The van der Waals surface area contributed by atoms with Gasteiger partial charge in [0.25, 0.3) is 5.69 Å². The molecular formula is C8H6BrNO2. The fraction of sp³-hybridized carbons (Fsp3) is 0. The molecular weight excluding hydrogens is 222 g/mol. The third-order valence-corrected chi connectivity index (χ3v) is 1.60. The molecule has 0 unspecified atom stereocenters. The van der Waals surface area contributed by atoms with Gasteiger partial charge in [-0.3, -0.25) is 10.1 Å². The van der Waals surface area contributed by atoms with Crippen molar-refractivity contribution in [3.05, 3.63) is 44.9 Å². The normalized spacial score (nSPS) is 10.4. The Morgan fingerprint density at radius 2 is 2.25 bits per heavy atom. The topological polar surface area (TPSA) is 43.1 Å². The monoisotopic (exact) mass is 227 g/mol. The Morgan fingerprint density at radius 3 is 2.83 bits per heavy atom. The summed E-state index contributed by atoms with van der Waals surface area (Å²) in [7, 11) is 0. The highest BCUT2D eigenvalue weighted by atomic mass is 79.9. The lowest BCUT2D eigenvalue weighted by molar-refractivity contribution is -0.384. The van der Waals surface area contributed by atoms with E-state index in [0.717, 1.165) is 5.56 Å². The van der Waals surface area contributed by atoms with Gasteiger partial charge in [-0.05, 0) is 16.6 Å². The van der Waals surface area contributed by atoms with Crippen molar-refractivity contribution in [3.8, 4) is 0 Å². The summed E-state index contributed by atoms with van der Waals surface area (Å²) < 4.78 is 0. The van der Waals surface area contributed by atoms with Crippen LogP contribution in [-0.4, -0.2) is 4.92 Å². The SMILES string of the molecule is O=[N+]([O-])c1cccc(/C=C/Br)c1. The Hall–Kier alpha value is -1.16. The third-order valence-electron chi connectivity index (χ3n) is 1.34. The maximum absolute atomic E-state index is 10.3. The molecule has 0 bridgehead atoms. The van der Waals surface area contributed by atoms with Crippen molar-refractivity contribution in [2.75, 3.05) is 0 Å². The van der Waals surface area contributed by atoms with Crippen LogP contribution in [0.1, 0.15) is 5.56 Å². The maximum atomic E-state index is 10.3. The van der Waals surface area contributed by atoms with Crippen LogP contribution in [0.15, 0.2) is 29.3 Å². The molecule has 0 aliphatic carbocycles. The average Bonchev–Trinajstić information content (AvgIpc) is 2.05. The van der Waals surface area contributed by atoms with Crippen LogP contribution >= 0.6 is 15.9 Å². The van der Waals surface area contributed by atoms with Crippen LogP contribution in [0.3, 0.4) is 0 Å². The second kappa shape index (κ2) is 4.01. The van der Waals surface area contributed by atoms with Crippen molar-refractivity contribution in [1.82, 2.24) is 0 Å². The molecule has 0 aliphatic heterocycles. The average molecular weight is 228 g/mol. The first kappa shape index (κ1) is 8.93. The molecule has 1 aromatic carbocycles. The molecule has 0 heterocycles. The molecule has 0 amide bonds. The first-order valence-corrected chi connectivity index (χ1v) is 4.17. The number of hydrogen-bond donors (Lipinski definition) is 0. The molecule has 1 aromatic rings. The quantitative estimate of drug-likeness (QED) is 0.576. The lowest BCUT2D eigenvalue weighted by Crippen LogP contribution is -1.87. The second-order valence-electron chi connectivity index (χ2n) is 2.14. The molecule has 0 aromatic heterocycles. The molecule has 0 aliphatic rings. The summed E-state index contributed by atoms with van der Waals surface area (Å²) in [6, 6.07) is 6.43. The number of nitrogens with zero attached hydrogens (tertiary/aromatic N) is 1. The van der Waals surface area contributed by atoms with Crippen LogP contribution in [0, 0.1) is 10.1 Å². The summed E-state index contributed by atoms with van der Waals surface area (Å²) in [6.07, 6.45) is 1.74. The summed E-state index contributed by atoms with van der Waals surface area (Å²) in [5.74, 6) is 0. The minimum absolute atomic E-state index is 0.109. The number of non-ortho nitro benzene ring substituents is 1. The standard InChI is InChI=1S/C8H6BrNO2/c9-5-4-7-2-1-3-8(6-7)10(11)12/h1-6H/b5-4+. The minimum Gasteiger partial charge on any atom is -0.258 e. The molecule has 0 fully saturated rings. The van der Waals surface area contributed by atoms with Gasteiger partial charge in [-0.25, -0.2) is 0 Å². The minimum atomic E-state index is -0.411. The van der Waals surface area contributed by atoms with Gasteiger partial charge in [0, 0.05) is 12.1 Å². The molecule has 62 valence electrons. The van der Waals surface area contributed by atoms with Gasteiger partial charge in [0.05, 0.1) is 4.92 Å². The van der Waals surface area contributed by atoms with Crippen molar-refractivity contribution < 1.29 is 4.92 Å². The van der Waals surface area contributed by atoms with Gasteiger partial charge >= 0.3 is 0 Å². The van der Waals surface area contributed by atoms with Gasteiger partial charge in [-0.2, -0.15) is 0 Å². The van der Waals surface area contributed by atoms with Crippen molar-refractivity contribution in [2.24, 2.45) is 0 Å². The number of rotatable bonds is 2. The third kappa shape index (κ3) is 2.17. The van der Waals surface area contributed by atoms with Crippen LogP contribution in [-0.2, 0) is 0 Å². The van der Waals surface area contributed by atoms with E-state index in [4.69, 9.17) is 0 Å². The molecule has 1 rings (SSSR count). The van der Waals surface area contributed by atoms with Gasteiger partial charge < -0.3 is 0 Å². The highest BCUT2D eigenvalue weighted by Crippen LogP contribution is 2.14. The van der Waals surface area contributed by atoms with E-state index in [0.29, 0.717) is 0 Å². The van der Waals surface area contributed by atoms with E-state index in [9.17, 15) is 10.1 Å². The van der Waals surface area contributed by atoms with Crippen LogP contribution in [0.5, 0.6) is 0 Å². The lowest BCUT2D eigenvalue weighted by Gasteiger charge is -1.92. The number of halogens is 1. The zero-order chi connectivity index (χ0) is 8.97. The number of nitro benzene ring substituents is 1. The Morgan fingerprint density at radius 1 is 1.50 bits per heavy atom. The maximum Gasteiger partial charge on any atom is 0.270 e. The number of hydrogen-bond acceptors (Lipinski definition) is 2. The number of benzene rings is 1. The van der Waals surface area contributed by atoms with Gasteiger partial charge in [0.2, 0.25) is 0 Å². The summed E-state index contributed by atoms with van der Waals surface area (Å²) in [5.41, 5.74) is 0.916.